The van der Waals surface area contributed by atoms with Crippen molar-refractivity contribution in [2.45, 2.75) is 13.1 Å². The highest BCUT2D eigenvalue weighted by Crippen LogP contribution is 2.47. The highest BCUT2D eigenvalue weighted by molar-refractivity contribution is 7.00. The summed E-state index contributed by atoms with van der Waals surface area (Å²) in [4.78, 5) is 9.94. The molecule has 14 aromatic rings. The van der Waals surface area contributed by atoms with Crippen molar-refractivity contribution in [1.82, 2.24) is 9.55 Å². The highest BCUT2D eigenvalue weighted by Gasteiger charge is 2.44. The minimum absolute atomic E-state index is 0.178. The number of para-hydroxylation sites is 2. The van der Waals surface area contributed by atoms with Crippen LogP contribution in [-0.4, -0.2) is 16.3 Å². The van der Waals surface area contributed by atoms with Gasteiger partial charge in [0.2, 0.25) is 0 Å². The lowest BCUT2D eigenvalue weighted by molar-refractivity contribution is 0.961. The molecule has 0 atom stereocenters. The van der Waals surface area contributed by atoms with Crippen LogP contribution in [0.1, 0.15) is 16.7 Å². The first-order chi connectivity index (χ1) is 42.6. The van der Waals surface area contributed by atoms with Crippen LogP contribution in [0, 0.1) is 11.3 Å². The Morgan fingerprint density at radius 2 is 0.756 bits per heavy atom. The van der Waals surface area contributed by atoms with Crippen molar-refractivity contribution in [2.75, 3.05) is 9.80 Å². The number of nitrogens with zero attached hydrogens (tertiary/aromatic N) is 5. The summed E-state index contributed by atoms with van der Waals surface area (Å²) in [5.74, 6) is 0. The molecule has 16 rings (SSSR count). The van der Waals surface area contributed by atoms with Gasteiger partial charge in [0.05, 0.1) is 28.4 Å². The third kappa shape index (κ3) is 8.59. The van der Waals surface area contributed by atoms with E-state index < -0.39 is 0 Å². The van der Waals surface area contributed by atoms with Gasteiger partial charge in [-0.05, 0) is 143 Å². The Balaban J connectivity index is 1.04. The summed E-state index contributed by atoms with van der Waals surface area (Å²) < 4.78 is 2.49. The maximum atomic E-state index is 10.3. The van der Waals surface area contributed by atoms with Gasteiger partial charge in [-0.25, -0.2) is 0 Å². The molecule has 2 aromatic heterocycles. The zero-order valence-electron chi connectivity index (χ0n) is 47.1. The molecule has 4 heterocycles. The molecule has 12 aromatic carbocycles. The van der Waals surface area contributed by atoms with Crippen molar-refractivity contribution < 1.29 is 0 Å². The first kappa shape index (κ1) is 50.5. The predicted octanol–water partition coefficient (Wildman–Crippen LogP) is 17.9. The van der Waals surface area contributed by atoms with Gasteiger partial charge < -0.3 is 14.4 Å². The molecule has 6 heteroatoms. The van der Waals surface area contributed by atoms with Crippen LogP contribution >= 0.6 is 0 Å². The van der Waals surface area contributed by atoms with Crippen molar-refractivity contribution in [3.05, 3.63) is 320 Å². The Labute approximate surface area is 501 Å². The van der Waals surface area contributed by atoms with Crippen molar-refractivity contribution in [3.63, 3.8) is 0 Å². The van der Waals surface area contributed by atoms with E-state index in [9.17, 15) is 5.26 Å². The van der Waals surface area contributed by atoms with E-state index in [1.165, 1.54) is 71.7 Å². The van der Waals surface area contributed by atoms with Crippen LogP contribution in [0.2, 0.25) is 0 Å². The summed E-state index contributed by atoms with van der Waals surface area (Å²) in [5.41, 5.74) is 28.3. The van der Waals surface area contributed by atoms with Crippen molar-refractivity contribution in [3.8, 4) is 78.5 Å². The maximum absolute atomic E-state index is 10.3. The van der Waals surface area contributed by atoms with Gasteiger partial charge in [0.25, 0.3) is 6.71 Å². The van der Waals surface area contributed by atoms with E-state index in [1.807, 2.05) is 36.7 Å². The Bertz CT molecular complexity index is 4790. The number of anilines is 4. The van der Waals surface area contributed by atoms with E-state index in [1.54, 1.807) is 0 Å². The predicted molar refractivity (Wildman–Crippen MR) is 358 cm³/mol. The van der Waals surface area contributed by atoms with Crippen molar-refractivity contribution >= 4 is 67.7 Å². The molecule has 0 spiro atoms. The molecular formula is C80H54BN5. The first-order valence-electron chi connectivity index (χ1n) is 29.5. The number of hydrogen-bond donors (Lipinski definition) is 0. The summed E-state index contributed by atoms with van der Waals surface area (Å²) >= 11 is 0. The molecule has 0 unspecified atom stereocenters. The quantitative estimate of drug-likeness (QED) is 0.121. The lowest BCUT2D eigenvalue weighted by atomic mass is 9.33. The second-order valence-electron chi connectivity index (χ2n) is 22.5. The van der Waals surface area contributed by atoms with Gasteiger partial charge in [0.1, 0.15) is 0 Å². The summed E-state index contributed by atoms with van der Waals surface area (Å²) in [6.45, 7) is 0.926. The molecule has 86 heavy (non-hydrogen) atoms. The van der Waals surface area contributed by atoms with Gasteiger partial charge in [0, 0.05) is 64.6 Å². The topological polar surface area (TPSA) is 48.1 Å². The molecule has 0 aliphatic carbocycles. The normalized spacial score (nSPS) is 12.2. The number of fused-ring (bicyclic) bond motifs is 7. The van der Waals surface area contributed by atoms with Gasteiger partial charge >= 0.3 is 0 Å². The molecule has 0 saturated carbocycles. The van der Waals surface area contributed by atoms with Crippen LogP contribution in [-0.2, 0) is 13.1 Å². The average Bonchev–Trinajstić information content (AvgIpc) is 2.21. The molecule has 2 aliphatic rings. The van der Waals surface area contributed by atoms with Gasteiger partial charge in [-0.3, -0.25) is 4.98 Å². The Morgan fingerprint density at radius 1 is 0.349 bits per heavy atom. The molecule has 0 amide bonds. The lowest BCUT2D eigenvalue weighted by Crippen LogP contribution is -2.62. The van der Waals surface area contributed by atoms with Gasteiger partial charge in [-0.1, -0.05) is 237 Å². The van der Waals surface area contributed by atoms with E-state index in [-0.39, 0.29) is 6.71 Å². The molecular weight excluding hydrogens is 1040 g/mol. The average molecular weight is 1100 g/mol. The summed E-state index contributed by atoms with van der Waals surface area (Å²) in [7, 11) is 0. The highest BCUT2D eigenvalue weighted by atomic mass is 15.2. The smallest absolute Gasteiger partial charge is 0.252 e. The third-order valence-electron chi connectivity index (χ3n) is 17.7. The molecule has 0 bridgehead atoms. The number of hydrogen-bond acceptors (Lipinski definition) is 4. The number of benzene rings is 12. The number of pyridine rings is 1. The van der Waals surface area contributed by atoms with Gasteiger partial charge in [0.15, 0.2) is 0 Å². The molecule has 2 aliphatic heterocycles. The lowest BCUT2D eigenvalue weighted by Gasteiger charge is -2.45. The van der Waals surface area contributed by atoms with Crippen molar-refractivity contribution in [1.29, 1.82) is 5.26 Å². The fourth-order valence-corrected chi connectivity index (χ4v) is 13.8. The number of aromatic nitrogens is 2. The minimum atomic E-state index is -0.178. The Morgan fingerprint density at radius 3 is 1.21 bits per heavy atom. The Hall–Kier alpha value is -11.3. The third-order valence-corrected chi connectivity index (χ3v) is 17.7. The molecule has 0 saturated heterocycles. The Kier molecular flexibility index (Phi) is 12.4. The molecule has 0 N–H and O–H groups in total. The van der Waals surface area contributed by atoms with Crippen LogP contribution in [0.25, 0.3) is 94.3 Å². The monoisotopic (exact) mass is 1100 g/mol. The van der Waals surface area contributed by atoms with Gasteiger partial charge in [-0.15, -0.1) is 0 Å². The van der Waals surface area contributed by atoms with E-state index in [4.69, 9.17) is 0 Å². The van der Waals surface area contributed by atoms with Crippen LogP contribution < -0.4 is 26.2 Å². The fourth-order valence-electron chi connectivity index (χ4n) is 13.8. The summed E-state index contributed by atoms with van der Waals surface area (Å²) in [6.07, 6.45) is 3.83. The van der Waals surface area contributed by atoms with Crippen LogP contribution in [0.5, 0.6) is 0 Å². The largest absolute Gasteiger partial charge is 0.338 e. The second kappa shape index (κ2) is 21.2. The van der Waals surface area contributed by atoms with E-state index in [0.717, 1.165) is 72.9 Å². The first-order valence-corrected chi connectivity index (χ1v) is 29.5. The molecule has 5 nitrogen and oxygen atoms in total. The minimum Gasteiger partial charge on any atom is -0.338 e. The van der Waals surface area contributed by atoms with E-state index in [0.29, 0.717) is 18.7 Å². The van der Waals surface area contributed by atoms with Gasteiger partial charge in [-0.2, -0.15) is 5.26 Å². The number of rotatable bonds is 11. The zero-order chi connectivity index (χ0) is 57.1. The van der Waals surface area contributed by atoms with Crippen LogP contribution in [0.4, 0.5) is 22.7 Å². The van der Waals surface area contributed by atoms with Crippen molar-refractivity contribution in [2.24, 2.45) is 0 Å². The van der Waals surface area contributed by atoms with E-state index in [2.05, 4.69) is 292 Å². The van der Waals surface area contributed by atoms with Crippen LogP contribution in [0.3, 0.4) is 0 Å². The molecule has 402 valence electrons. The fraction of sp³-hybridized carbons (Fsp3) is 0.0250. The standard InChI is InChI=1S/C80H54BN5/c82-50-54-21-17-30-59(45-54)60-40-42-72-76(46-60)84(52-70-64(55-22-5-1-6-23-55)34-18-35-65(70)56-24-7-2-8-25-56)78-48-63(86-74-38-15-13-32-68(74)69-33-14-16-39-75(69)86)49-79-80(78)81(72)73-43-41-61(62-31-20-44-83-51-62)47-77(73)85(79)53-71-66(57-26-9-3-10-27-57)36-19-37-67(71)58-28-11-4-12-29-58/h1-49,51H,52-53H2. The number of nitriles is 1. The second-order valence-corrected chi connectivity index (χ2v) is 22.5. The zero-order valence-corrected chi connectivity index (χ0v) is 47.1. The SMILES string of the molecule is N#Cc1cccc(-c2ccc3c(c2)N(Cc2c(-c4ccccc4)cccc2-c2ccccc2)c2cc(-n4c5ccccc5c5ccccc54)cc4c2B3c2ccc(-c3cccnc3)cc2N4Cc2c(-c3ccccc3)cccc2-c2ccccc2)c1. The van der Waals surface area contributed by atoms with E-state index >= 15 is 0 Å². The summed E-state index contributed by atoms with van der Waals surface area (Å²) in [5, 5.41) is 12.7. The maximum Gasteiger partial charge on any atom is 0.252 e. The van der Waals surface area contributed by atoms with Crippen LogP contribution in [0.15, 0.2) is 304 Å². The summed E-state index contributed by atoms with van der Waals surface area (Å²) in [6, 6.07) is 109. The molecule has 0 radical (unpaired) electrons. The molecule has 0 fully saturated rings.